The molecule has 0 aliphatic carbocycles. The number of hydrogen-bond acceptors (Lipinski definition) is 7. The fourth-order valence-corrected chi connectivity index (χ4v) is 4.08. The van der Waals surface area contributed by atoms with Crippen molar-refractivity contribution in [3.05, 3.63) is 94.1 Å². The molecule has 11 nitrogen and oxygen atoms in total. The van der Waals surface area contributed by atoms with Crippen LogP contribution in [0.5, 0.6) is 0 Å². The number of nitro groups is 1. The van der Waals surface area contributed by atoms with Gasteiger partial charge in [0, 0.05) is 49.3 Å². The highest BCUT2D eigenvalue weighted by atomic mass is 16.6. The molecule has 2 aromatic carbocycles. The number of nitrogens with zero attached hydrogens (tertiary/aromatic N) is 3. The molecule has 0 spiro atoms. The van der Waals surface area contributed by atoms with Crippen molar-refractivity contribution in [2.75, 3.05) is 31.5 Å². The number of nitrogens with one attached hydrogen (secondary N) is 1. The molecule has 0 atom stereocenters. The van der Waals surface area contributed by atoms with E-state index in [0.29, 0.717) is 24.1 Å². The van der Waals surface area contributed by atoms with Gasteiger partial charge in [0.1, 0.15) is 11.3 Å². The van der Waals surface area contributed by atoms with E-state index < -0.39 is 16.7 Å². The first-order chi connectivity index (χ1) is 17.4. The van der Waals surface area contributed by atoms with E-state index in [1.54, 1.807) is 46.2 Å². The first kappa shape index (κ1) is 22.8. The molecule has 1 N–H and O–H groups in total. The molecular formula is C25H20N4O7. The van der Waals surface area contributed by atoms with Crippen molar-refractivity contribution in [1.82, 2.24) is 9.80 Å². The van der Waals surface area contributed by atoms with Crippen LogP contribution in [-0.2, 0) is 0 Å². The lowest BCUT2D eigenvalue weighted by molar-refractivity contribution is -0.384. The molecule has 0 unspecified atom stereocenters. The first-order valence-corrected chi connectivity index (χ1v) is 11.1. The average Bonchev–Trinajstić information content (AvgIpc) is 3.57. The van der Waals surface area contributed by atoms with Crippen molar-refractivity contribution >= 4 is 40.1 Å². The van der Waals surface area contributed by atoms with Gasteiger partial charge in [-0.15, -0.1) is 0 Å². The number of non-ortho nitro benzene ring substituents is 1. The Balaban J connectivity index is 1.38. The Kier molecular flexibility index (Phi) is 5.95. The third-order valence-corrected chi connectivity index (χ3v) is 5.93. The summed E-state index contributed by atoms with van der Waals surface area (Å²) in [5, 5.41) is 14.3. The van der Waals surface area contributed by atoms with Gasteiger partial charge in [-0.1, -0.05) is 18.2 Å². The van der Waals surface area contributed by atoms with Gasteiger partial charge in [-0.2, -0.15) is 0 Å². The van der Waals surface area contributed by atoms with Crippen LogP contribution in [0.25, 0.3) is 11.0 Å². The summed E-state index contributed by atoms with van der Waals surface area (Å²) in [5.74, 6) is -1.13. The zero-order valence-corrected chi connectivity index (χ0v) is 18.9. The summed E-state index contributed by atoms with van der Waals surface area (Å²) in [5.41, 5.74) is 0.430. The molecule has 2 aromatic heterocycles. The van der Waals surface area contributed by atoms with Crippen LogP contribution >= 0.6 is 0 Å². The minimum absolute atomic E-state index is 0.0548. The maximum Gasteiger partial charge on any atom is 0.291 e. The predicted molar refractivity (Wildman–Crippen MR) is 128 cm³/mol. The van der Waals surface area contributed by atoms with Crippen LogP contribution in [0.4, 0.5) is 11.4 Å². The molecule has 0 saturated carbocycles. The quantitative estimate of drug-likeness (QED) is 0.333. The van der Waals surface area contributed by atoms with Gasteiger partial charge < -0.3 is 24.0 Å². The lowest BCUT2D eigenvalue weighted by atomic mass is 10.1. The van der Waals surface area contributed by atoms with Crippen molar-refractivity contribution < 1.29 is 28.1 Å². The highest BCUT2D eigenvalue weighted by molar-refractivity contribution is 6.14. The van der Waals surface area contributed by atoms with Crippen LogP contribution in [0.1, 0.15) is 31.5 Å². The fourth-order valence-electron chi connectivity index (χ4n) is 4.08. The molecule has 1 fully saturated rings. The van der Waals surface area contributed by atoms with Crippen molar-refractivity contribution in [2.45, 2.75) is 0 Å². The van der Waals surface area contributed by atoms with Gasteiger partial charge in [0.05, 0.1) is 11.2 Å². The first-order valence-electron chi connectivity index (χ1n) is 11.1. The fraction of sp³-hybridized carbons (Fsp3) is 0.160. The molecule has 3 heterocycles. The van der Waals surface area contributed by atoms with E-state index in [-0.39, 0.29) is 47.5 Å². The van der Waals surface area contributed by atoms with Crippen LogP contribution < -0.4 is 5.32 Å². The third-order valence-electron chi connectivity index (χ3n) is 5.93. The second kappa shape index (κ2) is 9.37. The van der Waals surface area contributed by atoms with Crippen molar-refractivity contribution in [2.24, 2.45) is 0 Å². The van der Waals surface area contributed by atoms with Crippen LogP contribution in [0, 0.1) is 10.1 Å². The zero-order valence-electron chi connectivity index (χ0n) is 18.9. The van der Waals surface area contributed by atoms with E-state index in [2.05, 4.69) is 5.32 Å². The SMILES string of the molecule is O=C(Nc1c(C(=O)N2CCN(C(=O)c3ccco3)CC2)oc2ccccc12)c1cccc([N+](=O)[O-])c1. The Bertz CT molecular complexity index is 1470. The molecule has 182 valence electrons. The molecule has 5 rings (SSSR count). The number of nitro benzene ring substituents is 1. The number of carbonyl (C=O) groups excluding carboxylic acids is 3. The van der Waals surface area contributed by atoms with E-state index in [1.165, 1.54) is 24.5 Å². The molecule has 36 heavy (non-hydrogen) atoms. The van der Waals surface area contributed by atoms with Gasteiger partial charge in [0.25, 0.3) is 23.4 Å². The highest BCUT2D eigenvalue weighted by Gasteiger charge is 2.31. The van der Waals surface area contributed by atoms with E-state index in [0.717, 1.165) is 6.07 Å². The van der Waals surface area contributed by atoms with E-state index >= 15 is 0 Å². The standard InChI is InChI=1S/C25H20N4O7/c30-23(16-5-3-6-17(15-16)29(33)34)26-21-18-7-1-2-8-19(18)36-22(21)25(32)28-12-10-27(11-13-28)24(31)20-9-4-14-35-20/h1-9,14-15H,10-13H2,(H,26,30). The number of piperazine rings is 1. The third kappa shape index (κ3) is 4.29. The van der Waals surface area contributed by atoms with Crippen LogP contribution in [0.15, 0.2) is 75.8 Å². The molecule has 1 saturated heterocycles. The lowest BCUT2D eigenvalue weighted by Crippen LogP contribution is -2.50. The Morgan fingerprint density at radius 3 is 2.31 bits per heavy atom. The Morgan fingerprint density at radius 2 is 1.61 bits per heavy atom. The summed E-state index contributed by atoms with van der Waals surface area (Å²) in [7, 11) is 0. The molecule has 0 radical (unpaired) electrons. The largest absolute Gasteiger partial charge is 0.459 e. The van der Waals surface area contributed by atoms with E-state index in [4.69, 9.17) is 8.83 Å². The predicted octanol–water partition coefficient (Wildman–Crippen LogP) is 3.78. The van der Waals surface area contributed by atoms with Crippen LogP contribution in [0.3, 0.4) is 0 Å². The van der Waals surface area contributed by atoms with Gasteiger partial charge in [-0.3, -0.25) is 24.5 Å². The molecule has 1 aliphatic heterocycles. The Labute approximate surface area is 204 Å². The minimum Gasteiger partial charge on any atom is -0.459 e. The molecule has 3 amide bonds. The van der Waals surface area contributed by atoms with Crippen LogP contribution in [-0.4, -0.2) is 58.6 Å². The number of rotatable bonds is 5. The summed E-state index contributed by atoms with van der Waals surface area (Å²) in [6.07, 6.45) is 1.43. The van der Waals surface area contributed by atoms with Crippen molar-refractivity contribution in [3.63, 3.8) is 0 Å². The summed E-state index contributed by atoms with van der Waals surface area (Å²) in [6, 6.07) is 15.4. The Morgan fingerprint density at radius 1 is 0.889 bits per heavy atom. The number of amides is 3. The normalized spacial score (nSPS) is 13.6. The molecular weight excluding hydrogens is 468 g/mol. The molecule has 11 heteroatoms. The lowest BCUT2D eigenvalue weighted by Gasteiger charge is -2.34. The monoisotopic (exact) mass is 488 g/mol. The maximum absolute atomic E-state index is 13.4. The zero-order chi connectivity index (χ0) is 25.2. The summed E-state index contributed by atoms with van der Waals surface area (Å²) < 4.78 is 11.0. The van der Waals surface area contributed by atoms with Gasteiger partial charge in [0.15, 0.2) is 5.76 Å². The topological polar surface area (TPSA) is 139 Å². The van der Waals surface area contributed by atoms with Crippen molar-refractivity contribution in [3.8, 4) is 0 Å². The second-order valence-corrected chi connectivity index (χ2v) is 8.13. The summed E-state index contributed by atoms with van der Waals surface area (Å²) in [4.78, 5) is 52.6. The number of fused-ring (bicyclic) bond motifs is 1. The van der Waals surface area contributed by atoms with Gasteiger partial charge in [-0.05, 0) is 30.3 Å². The van der Waals surface area contributed by atoms with E-state index in [9.17, 15) is 24.5 Å². The molecule has 1 aliphatic rings. The van der Waals surface area contributed by atoms with E-state index in [1.807, 2.05) is 0 Å². The van der Waals surface area contributed by atoms with Crippen LogP contribution in [0.2, 0.25) is 0 Å². The number of para-hydroxylation sites is 1. The highest BCUT2D eigenvalue weighted by Crippen LogP contribution is 2.32. The number of anilines is 1. The molecule has 4 aromatic rings. The second-order valence-electron chi connectivity index (χ2n) is 8.13. The number of hydrogen-bond donors (Lipinski definition) is 1. The summed E-state index contributed by atoms with van der Waals surface area (Å²) in [6.45, 7) is 1.14. The number of carbonyl (C=O) groups is 3. The smallest absolute Gasteiger partial charge is 0.291 e. The van der Waals surface area contributed by atoms with Gasteiger partial charge >= 0.3 is 0 Å². The minimum atomic E-state index is -0.617. The number of furan rings is 2. The number of benzene rings is 2. The summed E-state index contributed by atoms with van der Waals surface area (Å²) >= 11 is 0. The maximum atomic E-state index is 13.4. The van der Waals surface area contributed by atoms with Crippen molar-refractivity contribution in [1.29, 1.82) is 0 Å². The Hall–Kier alpha value is -4.93. The van der Waals surface area contributed by atoms with Gasteiger partial charge in [0.2, 0.25) is 5.76 Å². The average molecular weight is 488 g/mol. The molecule has 0 bridgehead atoms. The van der Waals surface area contributed by atoms with Gasteiger partial charge in [-0.25, -0.2) is 0 Å².